The van der Waals surface area contributed by atoms with Gasteiger partial charge in [0.2, 0.25) is 0 Å². The molecule has 0 aliphatic heterocycles. The third-order valence-corrected chi connectivity index (χ3v) is 6.54. The zero-order chi connectivity index (χ0) is 20.2. The molecule has 1 fully saturated rings. The van der Waals surface area contributed by atoms with Gasteiger partial charge in [0, 0.05) is 28.2 Å². The molecule has 29 heavy (non-hydrogen) atoms. The van der Waals surface area contributed by atoms with Crippen LogP contribution in [-0.2, 0) is 0 Å². The van der Waals surface area contributed by atoms with Gasteiger partial charge in [-0.2, -0.15) is 0 Å². The molecule has 0 radical (unpaired) electrons. The molecule has 1 atom stereocenters. The van der Waals surface area contributed by atoms with Crippen molar-refractivity contribution >= 4 is 28.4 Å². The first-order valence-electron chi connectivity index (χ1n) is 10.5. The van der Waals surface area contributed by atoms with Crippen molar-refractivity contribution in [1.82, 2.24) is 10.3 Å². The lowest BCUT2D eigenvalue weighted by Gasteiger charge is -2.34. The van der Waals surface area contributed by atoms with Gasteiger partial charge in [-0.25, -0.2) is 0 Å². The van der Waals surface area contributed by atoms with Crippen LogP contribution in [0.4, 0.5) is 0 Å². The van der Waals surface area contributed by atoms with Crippen LogP contribution in [0.5, 0.6) is 0 Å². The highest BCUT2D eigenvalue weighted by Gasteiger charge is 2.28. The number of amides is 1. The number of nitrogens with one attached hydrogen (secondary N) is 1. The number of carbonyl (C=O) groups excluding carboxylic acids is 1. The maximum absolute atomic E-state index is 12.6. The summed E-state index contributed by atoms with van der Waals surface area (Å²) >= 11 is 5.93. The normalized spacial score (nSPS) is 20.3. The number of nitrogens with zero attached hydrogens (tertiary/aromatic N) is 1. The monoisotopic (exact) mass is 406 g/mol. The van der Waals surface area contributed by atoms with Crippen LogP contribution in [0.25, 0.3) is 10.9 Å². The molecular weight excluding hydrogens is 380 g/mol. The van der Waals surface area contributed by atoms with Crippen molar-refractivity contribution in [3.63, 3.8) is 0 Å². The molecule has 1 heterocycles. The van der Waals surface area contributed by atoms with Gasteiger partial charge in [-0.05, 0) is 85.9 Å². The van der Waals surface area contributed by atoms with E-state index in [9.17, 15) is 4.79 Å². The van der Waals surface area contributed by atoms with Crippen molar-refractivity contribution in [2.24, 2.45) is 5.92 Å². The molecule has 150 valence electrons. The highest BCUT2D eigenvalue weighted by Crippen LogP contribution is 2.38. The van der Waals surface area contributed by atoms with Crippen LogP contribution in [0.3, 0.4) is 0 Å². The van der Waals surface area contributed by atoms with Crippen molar-refractivity contribution in [1.29, 1.82) is 0 Å². The van der Waals surface area contributed by atoms with E-state index in [1.165, 1.54) is 10.9 Å². The van der Waals surface area contributed by atoms with Gasteiger partial charge in [0.05, 0.1) is 5.52 Å². The Hall–Kier alpha value is -2.39. The van der Waals surface area contributed by atoms with Gasteiger partial charge in [-0.3, -0.25) is 9.78 Å². The van der Waals surface area contributed by atoms with E-state index in [2.05, 4.69) is 41.5 Å². The molecule has 1 aliphatic rings. The fourth-order valence-corrected chi connectivity index (χ4v) is 4.70. The van der Waals surface area contributed by atoms with E-state index in [1.807, 2.05) is 12.3 Å². The van der Waals surface area contributed by atoms with E-state index >= 15 is 0 Å². The molecule has 1 N–H and O–H groups in total. The van der Waals surface area contributed by atoms with E-state index in [0.29, 0.717) is 22.4 Å². The van der Waals surface area contributed by atoms with E-state index in [1.54, 1.807) is 24.3 Å². The second kappa shape index (κ2) is 8.96. The summed E-state index contributed by atoms with van der Waals surface area (Å²) in [6.45, 7) is 2.16. The minimum atomic E-state index is -0.00521. The molecule has 0 bridgehead atoms. The molecule has 3 nitrogen and oxygen atoms in total. The Bertz CT molecular complexity index is 978. The van der Waals surface area contributed by atoms with Crippen LogP contribution in [0.2, 0.25) is 5.02 Å². The molecule has 1 saturated carbocycles. The first-order valence-corrected chi connectivity index (χ1v) is 10.9. The summed E-state index contributed by atoms with van der Waals surface area (Å²) in [5.41, 5.74) is 3.07. The predicted octanol–water partition coefficient (Wildman–Crippen LogP) is 6.37. The fraction of sp³-hybridized carbons (Fsp3) is 0.360. The third kappa shape index (κ3) is 4.62. The Morgan fingerprint density at radius 3 is 2.55 bits per heavy atom. The number of pyridine rings is 1. The highest BCUT2D eigenvalue weighted by atomic mass is 35.5. The maximum Gasteiger partial charge on any atom is 0.251 e. The fourth-order valence-electron chi connectivity index (χ4n) is 4.57. The van der Waals surface area contributed by atoms with Gasteiger partial charge in [0.25, 0.3) is 5.91 Å². The van der Waals surface area contributed by atoms with Crippen LogP contribution in [0.15, 0.2) is 60.8 Å². The zero-order valence-corrected chi connectivity index (χ0v) is 17.5. The number of carbonyl (C=O) groups is 1. The van der Waals surface area contributed by atoms with Crippen LogP contribution < -0.4 is 5.32 Å². The average molecular weight is 407 g/mol. The van der Waals surface area contributed by atoms with Crippen molar-refractivity contribution in [2.45, 2.75) is 51.0 Å². The molecule has 0 saturated heterocycles. The summed E-state index contributed by atoms with van der Waals surface area (Å²) in [4.78, 5) is 17.3. The maximum atomic E-state index is 12.6. The summed E-state index contributed by atoms with van der Waals surface area (Å²) in [7, 11) is 0. The summed E-state index contributed by atoms with van der Waals surface area (Å²) in [6, 6.07) is 17.9. The summed E-state index contributed by atoms with van der Waals surface area (Å²) < 4.78 is 0. The Morgan fingerprint density at radius 1 is 1.10 bits per heavy atom. The van der Waals surface area contributed by atoms with E-state index in [4.69, 9.17) is 11.6 Å². The lowest BCUT2D eigenvalue weighted by molar-refractivity contribution is 0.0909. The predicted molar refractivity (Wildman–Crippen MR) is 119 cm³/mol. The smallest absolute Gasteiger partial charge is 0.251 e. The Labute approximate surface area is 177 Å². The summed E-state index contributed by atoms with van der Waals surface area (Å²) in [5, 5.41) is 5.12. The lowest BCUT2D eigenvalue weighted by Crippen LogP contribution is -2.41. The number of para-hydroxylation sites is 1. The molecule has 1 aromatic heterocycles. The molecule has 0 spiro atoms. The van der Waals surface area contributed by atoms with Gasteiger partial charge in [-0.1, -0.05) is 36.7 Å². The van der Waals surface area contributed by atoms with Crippen molar-refractivity contribution in [2.75, 3.05) is 0 Å². The van der Waals surface area contributed by atoms with Crippen LogP contribution in [0.1, 0.15) is 60.9 Å². The SMILES string of the molecule is CC[C@H](NC(=O)c1ccc(Cl)cc1)[C@H]1CC[C@@H](c2cnc3ccccc3c2)CC1. The van der Waals surface area contributed by atoms with Crippen molar-refractivity contribution in [3.8, 4) is 0 Å². The topological polar surface area (TPSA) is 42.0 Å². The quantitative estimate of drug-likeness (QED) is 0.534. The molecular formula is C25H27ClN2O. The number of rotatable bonds is 5. The molecule has 0 unspecified atom stereocenters. The van der Waals surface area contributed by atoms with Gasteiger partial charge in [0.15, 0.2) is 0 Å². The van der Waals surface area contributed by atoms with Crippen LogP contribution >= 0.6 is 11.6 Å². The molecule has 4 rings (SSSR count). The van der Waals surface area contributed by atoms with Crippen LogP contribution in [-0.4, -0.2) is 16.9 Å². The molecule has 3 aromatic rings. The second-order valence-electron chi connectivity index (χ2n) is 8.07. The molecule has 1 aliphatic carbocycles. The first kappa shape index (κ1) is 19.9. The first-order chi connectivity index (χ1) is 14.1. The highest BCUT2D eigenvalue weighted by molar-refractivity contribution is 6.30. The largest absolute Gasteiger partial charge is 0.349 e. The standard InChI is InChI=1S/C25H27ClN2O/c1-2-23(28-25(29)19-11-13-22(26)14-12-19)18-9-7-17(8-10-18)21-15-20-5-3-4-6-24(20)27-16-21/h3-6,11-18,23H,2,7-10H2,1H3,(H,28,29)/t17-,18+,23-/m0/s1. The van der Waals surface area contributed by atoms with Gasteiger partial charge >= 0.3 is 0 Å². The third-order valence-electron chi connectivity index (χ3n) is 6.29. The Morgan fingerprint density at radius 2 is 1.83 bits per heavy atom. The number of halogens is 1. The van der Waals surface area contributed by atoms with E-state index in [-0.39, 0.29) is 11.9 Å². The minimum Gasteiger partial charge on any atom is -0.349 e. The zero-order valence-electron chi connectivity index (χ0n) is 16.8. The molecule has 1 amide bonds. The molecule has 4 heteroatoms. The van der Waals surface area contributed by atoms with Crippen molar-refractivity contribution in [3.05, 3.63) is 76.9 Å². The number of hydrogen-bond donors (Lipinski definition) is 1. The lowest BCUT2D eigenvalue weighted by atomic mass is 9.75. The van der Waals surface area contributed by atoms with Gasteiger partial charge in [0.1, 0.15) is 0 Å². The number of hydrogen-bond acceptors (Lipinski definition) is 2. The minimum absolute atomic E-state index is 0.00521. The van der Waals surface area contributed by atoms with E-state index < -0.39 is 0 Å². The van der Waals surface area contributed by atoms with Crippen molar-refractivity contribution < 1.29 is 4.79 Å². The Balaban J connectivity index is 1.38. The second-order valence-corrected chi connectivity index (χ2v) is 8.50. The van der Waals surface area contributed by atoms with Gasteiger partial charge < -0.3 is 5.32 Å². The molecule has 2 aromatic carbocycles. The average Bonchev–Trinajstić information content (AvgIpc) is 2.77. The van der Waals surface area contributed by atoms with Gasteiger partial charge in [-0.15, -0.1) is 0 Å². The summed E-state index contributed by atoms with van der Waals surface area (Å²) in [5.74, 6) is 1.09. The van der Waals surface area contributed by atoms with E-state index in [0.717, 1.165) is 37.6 Å². The number of fused-ring (bicyclic) bond motifs is 1. The number of aromatic nitrogens is 1. The van der Waals surface area contributed by atoms with Crippen LogP contribution in [0, 0.1) is 5.92 Å². The Kier molecular flexibility index (Phi) is 6.15. The summed E-state index contributed by atoms with van der Waals surface area (Å²) in [6.07, 6.45) is 7.57. The number of benzene rings is 2.